The maximum atomic E-state index is 12.1. The van der Waals surface area contributed by atoms with E-state index < -0.39 is 5.97 Å². The maximum Gasteiger partial charge on any atom is 0.343 e. The van der Waals surface area contributed by atoms with Crippen molar-refractivity contribution >= 4 is 23.2 Å². The smallest absolute Gasteiger partial charge is 0.343 e. The summed E-state index contributed by atoms with van der Waals surface area (Å²) < 4.78 is 5.38. The summed E-state index contributed by atoms with van der Waals surface area (Å²) in [5.41, 5.74) is 7.62. The number of nitrogens with two attached hydrogens (primary N) is 1. The van der Waals surface area contributed by atoms with Crippen molar-refractivity contribution in [2.24, 2.45) is 0 Å². The predicted molar refractivity (Wildman–Crippen MR) is 89.8 cm³/mol. The van der Waals surface area contributed by atoms with Gasteiger partial charge in [0.15, 0.2) is 5.82 Å². The number of carbonyl (C=O) groups is 1. The topological polar surface area (TPSA) is 77.2 Å². The Morgan fingerprint density at radius 2 is 1.83 bits per heavy atom. The summed E-state index contributed by atoms with van der Waals surface area (Å²) in [6, 6.07) is 19.4. The van der Waals surface area contributed by atoms with E-state index in [1.807, 2.05) is 12.1 Å². The molecule has 0 saturated carbocycles. The fourth-order valence-corrected chi connectivity index (χ4v) is 2.04. The van der Waals surface area contributed by atoms with Gasteiger partial charge in [-0.2, -0.15) is 0 Å². The van der Waals surface area contributed by atoms with E-state index in [4.69, 9.17) is 10.5 Å². The van der Waals surface area contributed by atoms with E-state index in [0.717, 1.165) is 5.69 Å². The first-order chi connectivity index (χ1) is 11.2. The van der Waals surface area contributed by atoms with E-state index in [1.165, 1.54) is 0 Å². The van der Waals surface area contributed by atoms with Gasteiger partial charge in [0, 0.05) is 18.0 Å². The molecule has 3 rings (SSSR count). The quantitative estimate of drug-likeness (QED) is 0.568. The fourth-order valence-electron chi connectivity index (χ4n) is 2.04. The van der Waals surface area contributed by atoms with Gasteiger partial charge in [-0.25, -0.2) is 9.78 Å². The minimum Gasteiger partial charge on any atom is -0.423 e. The highest BCUT2D eigenvalue weighted by molar-refractivity contribution is 5.91. The SMILES string of the molecule is Nc1cccnc1Nc1cccc(OC(=O)c2ccccc2)c1. The summed E-state index contributed by atoms with van der Waals surface area (Å²) in [5, 5.41) is 3.10. The molecule has 3 N–H and O–H groups in total. The van der Waals surface area contributed by atoms with E-state index >= 15 is 0 Å². The van der Waals surface area contributed by atoms with E-state index in [-0.39, 0.29) is 0 Å². The molecule has 0 aliphatic heterocycles. The molecule has 0 fully saturated rings. The molecule has 2 aromatic carbocycles. The molecule has 0 saturated heterocycles. The second kappa shape index (κ2) is 6.62. The number of hydrogen-bond donors (Lipinski definition) is 2. The summed E-state index contributed by atoms with van der Waals surface area (Å²) in [5.74, 6) is 0.595. The van der Waals surface area contributed by atoms with Crippen LogP contribution in [0.5, 0.6) is 5.75 Å². The Hall–Kier alpha value is -3.34. The zero-order valence-corrected chi connectivity index (χ0v) is 12.3. The van der Waals surface area contributed by atoms with Crippen LogP contribution in [0.2, 0.25) is 0 Å². The first-order valence-corrected chi connectivity index (χ1v) is 7.07. The number of nitrogens with zero attached hydrogens (tertiary/aromatic N) is 1. The molecule has 0 radical (unpaired) electrons. The Kier molecular flexibility index (Phi) is 4.20. The van der Waals surface area contributed by atoms with Gasteiger partial charge in [-0.15, -0.1) is 0 Å². The number of carbonyl (C=O) groups excluding carboxylic acids is 1. The Morgan fingerprint density at radius 3 is 2.61 bits per heavy atom. The van der Waals surface area contributed by atoms with E-state index in [9.17, 15) is 4.79 Å². The highest BCUT2D eigenvalue weighted by Crippen LogP contribution is 2.23. The molecule has 23 heavy (non-hydrogen) atoms. The van der Waals surface area contributed by atoms with E-state index in [0.29, 0.717) is 22.8 Å². The second-order valence-electron chi connectivity index (χ2n) is 4.85. The van der Waals surface area contributed by atoms with Crippen LogP contribution in [-0.4, -0.2) is 11.0 Å². The lowest BCUT2D eigenvalue weighted by Crippen LogP contribution is -2.08. The first kappa shape index (κ1) is 14.6. The number of nitrogens with one attached hydrogen (secondary N) is 1. The Labute approximate surface area is 133 Å². The molecule has 5 nitrogen and oxygen atoms in total. The summed E-state index contributed by atoms with van der Waals surface area (Å²) in [6.45, 7) is 0. The minimum atomic E-state index is -0.403. The van der Waals surface area contributed by atoms with Gasteiger partial charge in [0.25, 0.3) is 0 Å². The number of nitrogen functional groups attached to an aromatic ring is 1. The molecule has 0 amide bonds. The van der Waals surface area contributed by atoms with Crippen LogP contribution in [-0.2, 0) is 0 Å². The van der Waals surface area contributed by atoms with Gasteiger partial charge in [0.1, 0.15) is 5.75 Å². The molecule has 1 aromatic heterocycles. The van der Waals surface area contributed by atoms with Crippen LogP contribution in [0.15, 0.2) is 72.9 Å². The normalized spacial score (nSPS) is 10.1. The maximum absolute atomic E-state index is 12.1. The Bertz CT molecular complexity index is 819. The second-order valence-corrected chi connectivity index (χ2v) is 4.85. The monoisotopic (exact) mass is 305 g/mol. The Balaban J connectivity index is 1.75. The molecule has 0 aliphatic carbocycles. The van der Waals surface area contributed by atoms with Gasteiger partial charge in [0.2, 0.25) is 0 Å². The molecular weight excluding hydrogens is 290 g/mol. The number of rotatable bonds is 4. The van der Waals surface area contributed by atoms with Gasteiger partial charge in [0.05, 0.1) is 11.3 Å². The predicted octanol–water partition coefficient (Wildman–Crippen LogP) is 3.63. The van der Waals surface area contributed by atoms with Crippen LogP contribution in [0, 0.1) is 0 Å². The molecule has 3 aromatic rings. The van der Waals surface area contributed by atoms with Crippen LogP contribution < -0.4 is 15.8 Å². The number of hydrogen-bond acceptors (Lipinski definition) is 5. The van der Waals surface area contributed by atoms with Crippen molar-refractivity contribution in [3.63, 3.8) is 0 Å². The van der Waals surface area contributed by atoms with Crippen LogP contribution in [0.4, 0.5) is 17.2 Å². The third kappa shape index (κ3) is 3.65. The summed E-state index contributed by atoms with van der Waals surface area (Å²) in [7, 11) is 0. The van der Waals surface area contributed by atoms with Crippen molar-refractivity contribution < 1.29 is 9.53 Å². The average molecular weight is 305 g/mol. The van der Waals surface area contributed by atoms with Gasteiger partial charge >= 0.3 is 5.97 Å². The largest absolute Gasteiger partial charge is 0.423 e. The molecule has 1 heterocycles. The number of pyridine rings is 1. The molecule has 0 aliphatic rings. The zero-order chi connectivity index (χ0) is 16.1. The number of esters is 1. The summed E-state index contributed by atoms with van der Waals surface area (Å²) in [4.78, 5) is 16.2. The van der Waals surface area contributed by atoms with Crippen LogP contribution in [0.25, 0.3) is 0 Å². The lowest BCUT2D eigenvalue weighted by atomic mass is 10.2. The Morgan fingerprint density at radius 1 is 1.00 bits per heavy atom. The molecule has 114 valence electrons. The number of benzene rings is 2. The average Bonchev–Trinajstić information content (AvgIpc) is 2.58. The van der Waals surface area contributed by atoms with Crippen molar-refractivity contribution in [1.82, 2.24) is 4.98 Å². The number of ether oxygens (including phenoxy) is 1. The highest BCUT2D eigenvalue weighted by Gasteiger charge is 2.08. The first-order valence-electron chi connectivity index (χ1n) is 7.07. The van der Waals surface area contributed by atoms with E-state index in [1.54, 1.807) is 60.8 Å². The fraction of sp³-hybridized carbons (Fsp3) is 0. The standard InChI is InChI=1S/C18H15N3O2/c19-16-10-5-11-20-17(16)21-14-8-4-9-15(12-14)23-18(22)13-6-2-1-3-7-13/h1-12H,19H2,(H,20,21). The molecule has 0 atom stereocenters. The number of aromatic nitrogens is 1. The molecule has 0 unspecified atom stereocenters. The van der Waals surface area contributed by atoms with Crippen molar-refractivity contribution in [2.75, 3.05) is 11.1 Å². The van der Waals surface area contributed by atoms with Gasteiger partial charge in [-0.3, -0.25) is 0 Å². The van der Waals surface area contributed by atoms with Crippen molar-refractivity contribution in [3.8, 4) is 5.75 Å². The van der Waals surface area contributed by atoms with Crippen LogP contribution in [0.1, 0.15) is 10.4 Å². The molecular formula is C18H15N3O2. The van der Waals surface area contributed by atoms with Crippen LogP contribution in [0.3, 0.4) is 0 Å². The molecule has 5 heteroatoms. The van der Waals surface area contributed by atoms with Crippen molar-refractivity contribution in [3.05, 3.63) is 78.5 Å². The lowest BCUT2D eigenvalue weighted by Gasteiger charge is -2.09. The van der Waals surface area contributed by atoms with Crippen molar-refractivity contribution in [1.29, 1.82) is 0 Å². The van der Waals surface area contributed by atoms with Crippen molar-refractivity contribution in [2.45, 2.75) is 0 Å². The van der Waals surface area contributed by atoms with Crippen LogP contribution >= 0.6 is 0 Å². The molecule has 0 bridgehead atoms. The summed E-state index contributed by atoms with van der Waals surface area (Å²) in [6.07, 6.45) is 1.65. The number of anilines is 3. The van der Waals surface area contributed by atoms with Gasteiger partial charge in [-0.05, 0) is 36.4 Å². The van der Waals surface area contributed by atoms with E-state index in [2.05, 4.69) is 10.3 Å². The molecule has 0 spiro atoms. The van der Waals surface area contributed by atoms with Gasteiger partial charge < -0.3 is 15.8 Å². The summed E-state index contributed by atoms with van der Waals surface area (Å²) >= 11 is 0. The third-order valence-corrected chi connectivity index (χ3v) is 3.16. The highest BCUT2D eigenvalue weighted by atomic mass is 16.5. The van der Waals surface area contributed by atoms with Gasteiger partial charge in [-0.1, -0.05) is 24.3 Å². The zero-order valence-electron chi connectivity index (χ0n) is 12.3. The third-order valence-electron chi connectivity index (χ3n) is 3.16. The minimum absolute atomic E-state index is 0.403. The lowest BCUT2D eigenvalue weighted by molar-refractivity contribution is 0.0735.